The van der Waals surface area contributed by atoms with Crippen LogP contribution in [-0.4, -0.2) is 9.55 Å². The molecule has 1 aromatic heterocycles. The average Bonchev–Trinajstić information content (AvgIpc) is 3.03. The van der Waals surface area contributed by atoms with E-state index in [2.05, 4.69) is 11.1 Å². The molecule has 3 heteroatoms. The van der Waals surface area contributed by atoms with Gasteiger partial charge in [-0.15, -0.1) is 0 Å². The number of imidazole rings is 1. The molecule has 3 aromatic rings. The molecule has 0 bridgehead atoms. The zero-order valence-corrected chi connectivity index (χ0v) is 11.3. The Morgan fingerprint density at radius 1 is 1.00 bits per heavy atom. The lowest BCUT2D eigenvalue weighted by atomic mass is 10.0. The summed E-state index contributed by atoms with van der Waals surface area (Å²) in [5.41, 5.74) is 2.80. The Hall–Kier alpha value is -3.12. The Kier molecular flexibility index (Phi) is 3.62. The minimum absolute atomic E-state index is 0.758. The first-order chi connectivity index (χ1) is 10.4. The van der Waals surface area contributed by atoms with Gasteiger partial charge in [-0.2, -0.15) is 5.26 Å². The topological polar surface area (TPSA) is 41.6 Å². The van der Waals surface area contributed by atoms with Crippen LogP contribution in [0.3, 0.4) is 0 Å². The lowest BCUT2D eigenvalue weighted by Crippen LogP contribution is -2.01. The maximum atomic E-state index is 9.09. The predicted octanol–water partition coefficient (Wildman–Crippen LogP) is 3.83. The van der Waals surface area contributed by atoms with Gasteiger partial charge in [0, 0.05) is 29.7 Å². The maximum Gasteiger partial charge on any atom is 0.145 e. The summed E-state index contributed by atoms with van der Waals surface area (Å²) in [5.74, 6) is 0.758. The number of benzene rings is 2. The Balaban J connectivity index is 2.14. The maximum absolute atomic E-state index is 9.09. The fraction of sp³-hybridized carbons (Fsp3) is 0. The third-order valence-corrected chi connectivity index (χ3v) is 3.21. The van der Waals surface area contributed by atoms with Crippen LogP contribution in [0.5, 0.6) is 0 Å². The molecule has 0 spiro atoms. The number of nitrogens with zero attached hydrogens (tertiary/aromatic N) is 3. The number of hydrogen-bond acceptors (Lipinski definition) is 2. The molecule has 3 rings (SSSR count). The van der Waals surface area contributed by atoms with Crippen LogP contribution in [0.25, 0.3) is 11.3 Å². The highest BCUT2D eigenvalue weighted by Crippen LogP contribution is 2.24. The normalized spacial score (nSPS) is 11.1. The first kappa shape index (κ1) is 12.9. The highest BCUT2D eigenvalue weighted by Gasteiger charge is 2.12. The van der Waals surface area contributed by atoms with Gasteiger partial charge in [-0.1, -0.05) is 48.5 Å². The van der Waals surface area contributed by atoms with E-state index in [4.69, 9.17) is 5.26 Å². The van der Waals surface area contributed by atoms with Crippen LogP contribution < -0.4 is 0 Å². The van der Waals surface area contributed by atoms with Gasteiger partial charge < -0.3 is 0 Å². The minimum Gasteiger partial charge on any atom is -0.300 e. The van der Waals surface area contributed by atoms with Crippen LogP contribution in [0, 0.1) is 11.3 Å². The fourth-order valence-electron chi connectivity index (χ4n) is 2.26. The second kappa shape index (κ2) is 5.89. The van der Waals surface area contributed by atoms with Crippen molar-refractivity contribution in [2.75, 3.05) is 0 Å². The molecule has 21 heavy (non-hydrogen) atoms. The van der Waals surface area contributed by atoms with E-state index in [9.17, 15) is 0 Å². The molecular formula is C18H13N3. The molecule has 0 unspecified atom stereocenters. The average molecular weight is 271 g/mol. The van der Waals surface area contributed by atoms with Crippen molar-refractivity contribution in [1.29, 1.82) is 5.26 Å². The molecule has 0 atom stereocenters. The molecule has 0 fully saturated rings. The van der Waals surface area contributed by atoms with Gasteiger partial charge in [0.05, 0.1) is 6.07 Å². The first-order valence-corrected chi connectivity index (χ1v) is 6.64. The molecule has 0 aliphatic heterocycles. The van der Waals surface area contributed by atoms with Crippen LogP contribution in [0.1, 0.15) is 11.4 Å². The predicted molar refractivity (Wildman–Crippen MR) is 82.7 cm³/mol. The molecule has 0 radical (unpaired) electrons. The number of nitriles is 1. The minimum atomic E-state index is 0.758. The fourth-order valence-corrected chi connectivity index (χ4v) is 2.26. The van der Waals surface area contributed by atoms with Crippen molar-refractivity contribution >= 4 is 5.57 Å². The van der Waals surface area contributed by atoms with E-state index < -0.39 is 0 Å². The largest absolute Gasteiger partial charge is 0.300 e. The molecule has 0 aliphatic carbocycles. The van der Waals surface area contributed by atoms with Crippen molar-refractivity contribution in [1.82, 2.24) is 9.55 Å². The van der Waals surface area contributed by atoms with Gasteiger partial charge in [-0.05, 0) is 17.7 Å². The van der Waals surface area contributed by atoms with Gasteiger partial charge >= 0.3 is 0 Å². The molecule has 0 saturated heterocycles. The van der Waals surface area contributed by atoms with Crippen molar-refractivity contribution in [3.63, 3.8) is 0 Å². The lowest BCUT2D eigenvalue weighted by Gasteiger charge is -2.10. The van der Waals surface area contributed by atoms with Gasteiger partial charge in [0.25, 0.3) is 0 Å². The quantitative estimate of drug-likeness (QED) is 0.679. The molecule has 0 N–H and O–H groups in total. The van der Waals surface area contributed by atoms with Gasteiger partial charge in [0.2, 0.25) is 0 Å². The Labute approximate surface area is 123 Å². The summed E-state index contributed by atoms with van der Waals surface area (Å²) in [5, 5.41) is 9.09. The van der Waals surface area contributed by atoms with E-state index in [1.807, 2.05) is 71.4 Å². The van der Waals surface area contributed by atoms with Gasteiger partial charge in [-0.3, -0.25) is 4.57 Å². The number of aromatic nitrogens is 2. The summed E-state index contributed by atoms with van der Waals surface area (Å²) in [4.78, 5) is 4.43. The van der Waals surface area contributed by atoms with Crippen LogP contribution in [0.4, 0.5) is 0 Å². The van der Waals surface area contributed by atoms with Gasteiger partial charge in [-0.25, -0.2) is 4.98 Å². The highest BCUT2D eigenvalue weighted by molar-refractivity contribution is 5.78. The molecule has 100 valence electrons. The zero-order valence-electron chi connectivity index (χ0n) is 11.3. The van der Waals surface area contributed by atoms with E-state index in [0.29, 0.717) is 0 Å². The van der Waals surface area contributed by atoms with Crippen molar-refractivity contribution in [2.45, 2.75) is 0 Å². The molecular weight excluding hydrogens is 258 g/mol. The van der Waals surface area contributed by atoms with E-state index in [1.165, 1.54) is 6.08 Å². The van der Waals surface area contributed by atoms with E-state index in [-0.39, 0.29) is 0 Å². The summed E-state index contributed by atoms with van der Waals surface area (Å²) >= 11 is 0. The Morgan fingerprint density at radius 2 is 1.67 bits per heavy atom. The highest BCUT2D eigenvalue weighted by atomic mass is 15.1. The van der Waals surface area contributed by atoms with Crippen LogP contribution in [0.2, 0.25) is 0 Å². The third-order valence-electron chi connectivity index (χ3n) is 3.21. The number of para-hydroxylation sites is 1. The number of rotatable bonds is 3. The van der Waals surface area contributed by atoms with Crippen LogP contribution in [-0.2, 0) is 0 Å². The summed E-state index contributed by atoms with van der Waals surface area (Å²) in [6.07, 6.45) is 5.19. The third kappa shape index (κ3) is 2.60. The molecule has 0 aliphatic rings. The Bertz CT molecular complexity index is 793. The summed E-state index contributed by atoms with van der Waals surface area (Å²) in [6, 6.07) is 21.9. The molecule has 3 nitrogen and oxygen atoms in total. The summed E-state index contributed by atoms with van der Waals surface area (Å²) < 4.78 is 1.98. The van der Waals surface area contributed by atoms with Crippen LogP contribution >= 0.6 is 0 Å². The molecule has 0 saturated carbocycles. The van der Waals surface area contributed by atoms with E-state index >= 15 is 0 Å². The number of hydrogen-bond donors (Lipinski definition) is 0. The molecule has 1 heterocycles. The van der Waals surface area contributed by atoms with Gasteiger partial charge in [0.1, 0.15) is 5.82 Å². The lowest BCUT2D eigenvalue weighted by molar-refractivity contribution is 1.02. The standard InChI is InChI=1S/C18H13N3/c19-12-11-17(15-7-3-1-4-8-15)18-20-13-14-21(18)16-9-5-2-6-10-16/h1-11,13-14H/b17-11-. The molecule has 2 aromatic carbocycles. The second-order valence-corrected chi connectivity index (χ2v) is 4.51. The van der Waals surface area contributed by atoms with Crippen molar-refractivity contribution in [2.24, 2.45) is 0 Å². The summed E-state index contributed by atoms with van der Waals surface area (Å²) in [6.45, 7) is 0. The number of allylic oxidation sites excluding steroid dienone is 1. The first-order valence-electron chi connectivity index (χ1n) is 6.64. The van der Waals surface area contributed by atoms with Crippen LogP contribution in [0.15, 0.2) is 79.1 Å². The summed E-state index contributed by atoms with van der Waals surface area (Å²) in [7, 11) is 0. The smallest absolute Gasteiger partial charge is 0.145 e. The van der Waals surface area contributed by atoms with E-state index in [0.717, 1.165) is 22.6 Å². The van der Waals surface area contributed by atoms with Crippen molar-refractivity contribution in [3.05, 3.63) is 90.5 Å². The second-order valence-electron chi connectivity index (χ2n) is 4.51. The zero-order chi connectivity index (χ0) is 14.5. The van der Waals surface area contributed by atoms with Crippen molar-refractivity contribution in [3.8, 4) is 11.8 Å². The van der Waals surface area contributed by atoms with Crippen molar-refractivity contribution < 1.29 is 0 Å². The monoisotopic (exact) mass is 271 g/mol. The van der Waals surface area contributed by atoms with Gasteiger partial charge in [0.15, 0.2) is 0 Å². The van der Waals surface area contributed by atoms with E-state index in [1.54, 1.807) is 6.20 Å². The molecule has 0 amide bonds. The Morgan fingerprint density at radius 3 is 2.33 bits per heavy atom. The SMILES string of the molecule is N#C/C=C(/c1ccccc1)c1nccn1-c1ccccc1.